The lowest BCUT2D eigenvalue weighted by Gasteiger charge is -2.12. The van der Waals surface area contributed by atoms with E-state index < -0.39 is 0 Å². The minimum Gasteiger partial charge on any atom is -0.318 e. The van der Waals surface area contributed by atoms with Gasteiger partial charge in [0.2, 0.25) is 0 Å². The smallest absolute Gasteiger partial charge is 0.253 e. The molecule has 1 amide bonds. The van der Waals surface area contributed by atoms with Crippen LogP contribution in [0, 0.1) is 27.7 Å². The van der Waals surface area contributed by atoms with Crippen LogP contribution in [0.3, 0.4) is 0 Å². The third kappa shape index (κ3) is 4.98. The number of nitrogens with one attached hydrogen (secondary N) is 1. The first-order valence-electron chi connectivity index (χ1n) is 9.68. The second-order valence-electron chi connectivity index (χ2n) is 7.26. The van der Waals surface area contributed by atoms with E-state index in [0.717, 1.165) is 27.5 Å². The van der Waals surface area contributed by atoms with E-state index in [2.05, 4.69) is 73.1 Å². The first kappa shape index (κ1) is 20.9. The maximum absolute atomic E-state index is 12.4. The van der Waals surface area contributed by atoms with Crippen molar-refractivity contribution in [2.24, 2.45) is 5.10 Å². The third-order valence-electron chi connectivity index (χ3n) is 4.91. The summed E-state index contributed by atoms with van der Waals surface area (Å²) in [5.74, 6) is -0.112. The van der Waals surface area contributed by atoms with E-state index >= 15 is 0 Å². The van der Waals surface area contributed by atoms with Crippen molar-refractivity contribution < 1.29 is 4.79 Å². The number of para-hydroxylation sites is 1. The van der Waals surface area contributed by atoms with Crippen LogP contribution in [0.2, 0.25) is 0 Å². The highest BCUT2D eigenvalue weighted by atomic mass is 32.2. The van der Waals surface area contributed by atoms with Gasteiger partial charge in [-0.3, -0.25) is 4.79 Å². The van der Waals surface area contributed by atoms with Gasteiger partial charge in [0, 0.05) is 27.5 Å². The number of hydrazone groups is 1. The molecular formula is C24H27N3OS. The molecule has 0 radical (unpaired) electrons. The molecule has 4 nitrogen and oxygen atoms in total. The molecule has 1 atom stereocenters. The fourth-order valence-electron chi connectivity index (χ4n) is 3.23. The van der Waals surface area contributed by atoms with Gasteiger partial charge in [0.25, 0.3) is 5.91 Å². The summed E-state index contributed by atoms with van der Waals surface area (Å²) in [6, 6.07) is 18.6. The number of aromatic nitrogens is 1. The predicted molar refractivity (Wildman–Crippen MR) is 122 cm³/mol. The van der Waals surface area contributed by atoms with E-state index in [1.807, 2.05) is 31.2 Å². The molecule has 1 N–H and O–H groups in total. The highest BCUT2D eigenvalue weighted by molar-refractivity contribution is 8.00. The SMILES string of the molecule is Cc1ccc(S[C@@H](C)C(=O)N/N=C\c2cc(C)n(-c3ccccc3C)c2C)cc1. The summed E-state index contributed by atoms with van der Waals surface area (Å²) in [4.78, 5) is 13.4. The molecule has 1 aromatic heterocycles. The lowest BCUT2D eigenvalue weighted by atomic mass is 10.2. The van der Waals surface area contributed by atoms with Crippen LogP contribution in [0.25, 0.3) is 5.69 Å². The van der Waals surface area contributed by atoms with Crippen LogP contribution in [-0.4, -0.2) is 21.9 Å². The first-order valence-corrected chi connectivity index (χ1v) is 10.6. The van der Waals surface area contributed by atoms with Gasteiger partial charge in [0.05, 0.1) is 11.5 Å². The quantitative estimate of drug-likeness (QED) is 0.342. The van der Waals surface area contributed by atoms with Gasteiger partial charge in [0.15, 0.2) is 0 Å². The van der Waals surface area contributed by atoms with Crippen LogP contribution in [0.1, 0.15) is 35.0 Å². The average Bonchev–Trinajstić information content (AvgIpc) is 2.97. The average molecular weight is 406 g/mol. The second-order valence-corrected chi connectivity index (χ2v) is 8.67. The summed E-state index contributed by atoms with van der Waals surface area (Å²) in [6.07, 6.45) is 1.72. The van der Waals surface area contributed by atoms with Crippen LogP contribution < -0.4 is 5.43 Å². The molecule has 2 aromatic carbocycles. The van der Waals surface area contributed by atoms with Crippen molar-refractivity contribution in [3.05, 3.63) is 82.7 Å². The number of aryl methyl sites for hydroxylation is 3. The Morgan fingerprint density at radius 1 is 1.07 bits per heavy atom. The van der Waals surface area contributed by atoms with Gasteiger partial charge in [-0.05, 0) is 64.4 Å². The Bertz CT molecular complexity index is 1030. The van der Waals surface area contributed by atoms with Crippen molar-refractivity contribution in [1.29, 1.82) is 0 Å². The molecule has 0 spiro atoms. The Morgan fingerprint density at radius 2 is 1.76 bits per heavy atom. The van der Waals surface area contributed by atoms with Gasteiger partial charge in [-0.25, -0.2) is 5.43 Å². The van der Waals surface area contributed by atoms with E-state index in [1.54, 1.807) is 6.21 Å². The molecule has 150 valence electrons. The zero-order chi connectivity index (χ0) is 21.0. The minimum atomic E-state index is -0.228. The van der Waals surface area contributed by atoms with Gasteiger partial charge in [-0.1, -0.05) is 35.9 Å². The molecule has 0 saturated carbocycles. The molecule has 0 unspecified atom stereocenters. The molecule has 3 aromatic rings. The molecule has 0 aliphatic heterocycles. The molecule has 0 aliphatic rings. The Balaban J connectivity index is 1.67. The standard InChI is InChI=1S/C24H27N3OS/c1-16-10-12-22(13-11-16)29-20(5)24(28)26-25-15-21-14-18(3)27(19(21)4)23-9-7-6-8-17(23)2/h6-15,20H,1-5H3,(H,26,28)/b25-15-/t20-/m0/s1. The summed E-state index contributed by atoms with van der Waals surface area (Å²) >= 11 is 1.53. The van der Waals surface area contributed by atoms with E-state index in [9.17, 15) is 4.79 Å². The van der Waals surface area contributed by atoms with Crippen molar-refractivity contribution in [3.63, 3.8) is 0 Å². The first-order chi connectivity index (χ1) is 13.9. The number of hydrogen-bond acceptors (Lipinski definition) is 3. The second kappa shape index (κ2) is 9.14. The molecular weight excluding hydrogens is 378 g/mol. The number of carbonyl (C=O) groups is 1. The van der Waals surface area contributed by atoms with Crippen LogP contribution >= 0.6 is 11.8 Å². The topological polar surface area (TPSA) is 46.4 Å². The van der Waals surface area contributed by atoms with Crippen LogP contribution in [-0.2, 0) is 4.79 Å². The number of thioether (sulfide) groups is 1. The van der Waals surface area contributed by atoms with Crippen molar-refractivity contribution >= 4 is 23.9 Å². The highest BCUT2D eigenvalue weighted by Crippen LogP contribution is 2.24. The molecule has 1 heterocycles. The minimum absolute atomic E-state index is 0.112. The fourth-order valence-corrected chi connectivity index (χ4v) is 4.10. The zero-order valence-electron chi connectivity index (χ0n) is 17.6. The van der Waals surface area contributed by atoms with Gasteiger partial charge < -0.3 is 4.57 Å². The van der Waals surface area contributed by atoms with Gasteiger partial charge in [-0.2, -0.15) is 5.10 Å². The molecule has 0 fully saturated rings. The molecule has 3 rings (SSSR count). The van der Waals surface area contributed by atoms with Crippen molar-refractivity contribution in [2.45, 2.75) is 44.8 Å². The van der Waals surface area contributed by atoms with Crippen molar-refractivity contribution in [3.8, 4) is 5.69 Å². The number of nitrogens with zero attached hydrogens (tertiary/aromatic N) is 2. The molecule has 29 heavy (non-hydrogen) atoms. The van der Waals surface area contributed by atoms with Crippen molar-refractivity contribution in [1.82, 2.24) is 9.99 Å². The van der Waals surface area contributed by atoms with E-state index in [4.69, 9.17) is 0 Å². The third-order valence-corrected chi connectivity index (χ3v) is 6.02. The normalized spacial score (nSPS) is 12.3. The number of hydrogen-bond donors (Lipinski definition) is 1. The van der Waals surface area contributed by atoms with Gasteiger partial charge in [-0.15, -0.1) is 11.8 Å². The number of amides is 1. The number of carbonyl (C=O) groups excluding carboxylic acids is 1. The monoisotopic (exact) mass is 405 g/mol. The number of benzene rings is 2. The molecule has 0 saturated heterocycles. The van der Waals surface area contributed by atoms with Crippen LogP contribution in [0.5, 0.6) is 0 Å². The van der Waals surface area contributed by atoms with E-state index in [0.29, 0.717) is 0 Å². The largest absolute Gasteiger partial charge is 0.318 e. The predicted octanol–water partition coefficient (Wildman–Crippen LogP) is 5.34. The number of rotatable bonds is 6. The summed E-state index contributed by atoms with van der Waals surface area (Å²) < 4.78 is 2.22. The lowest BCUT2D eigenvalue weighted by molar-refractivity contribution is -0.120. The van der Waals surface area contributed by atoms with Crippen molar-refractivity contribution in [2.75, 3.05) is 0 Å². The summed E-state index contributed by atoms with van der Waals surface area (Å²) in [6.45, 7) is 10.2. The van der Waals surface area contributed by atoms with E-state index in [-0.39, 0.29) is 11.2 Å². The zero-order valence-corrected chi connectivity index (χ0v) is 18.4. The Hall–Kier alpha value is -2.79. The summed E-state index contributed by atoms with van der Waals surface area (Å²) in [5.41, 5.74) is 9.47. The van der Waals surface area contributed by atoms with Crippen LogP contribution in [0.15, 0.2) is 64.6 Å². The van der Waals surface area contributed by atoms with E-state index in [1.165, 1.54) is 22.9 Å². The van der Waals surface area contributed by atoms with Gasteiger partial charge in [0.1, 0.15) is 0 Å². The Kier molecular flexibility index (Phi) is 6.60. The summed E-state index contributed by atoms with van der Waals surface area (Å²) in [7, 11) is 0. The fraction of sp³-hybridized carbons (Fsp3) is 0.250. The molecule has 0 bridgehead atoms. The molecule has 0 aliphatic carbocycles. The maximum Gasteiger partial charge on any atom is 0.253 e. The van der Waals surface area contributed by atoms with Crippen LogP contribution in [0.4, 0.5) is 0 Å². The molecule has 5 heteroatoms. The lowest BCUT2D eigenvalue weighted by Crippen LogP contribution is -2.26. The summed E-state index contributed by atoms with van der Waals surface area (Å²) in [5, 5.41) is 3.97. The Morgan fingerprint density at radius 3 is 2.45 bits per heavy atom. The highest BCUT2D eigenvalue weighted by Gasteiger charge is 2.14. The Labute approximate surface area is 177 Å². The van der Waals surface area contributed by atoms with Gasteiger partial charge >= 0.3 is 0 Å². The maximum atomic E-state index is 12.4.